The van der Waals surface area contributed by atoms with Gasteiger partial charge in [-0.1, -0.05) is 39.0 Å². The lowest BCUT2D eigenvalue weighted by Gasteiger charge is -2.25. The molecule has 1 heterocycles. The van der Waals surface area contributed by atoms with Crippen molar-refractivity contribution in [3.63, 3.8) is 0 Å². The largest absolute Gasteiger partial charge is 0.477 e. The van der Waals surface area contributed by atoms with E-state index >= 15 is 0 Å². The van der Waals surface area contributed by atoms with Gasteiger partial charge in [0.2, 0.25) is 0 Å². The normalized spacial score (nSPS) is 11.2. The predicted octanol–water partition coefficient (Wildman–Crippen LogP) is 2.96. The molecular weight excluding hydrogens is 236 g/mol. The lowest BCUT2D eigenvalue weighted by Crippen LogP contribution is -2.31. The van der Waals surface area contributed by atoms with Crippen molar-refractivity contribution in [2.75, 3.05) is 18.0 Å². The highest BCUT2D eigenvalue weighted by atomic mass is 32.1. The van der Waals surface area contributed by atoms with Gasteiger partial charge in [-0.2, -0.15) is 0 Å². The fourth-order valence-corrected chi connectivity index (χ4v) is 2.40. The number of carboxylic acid groups (broad SMARTS) is 1. The smallest absolute Gasteiger partial charge is 0.347 e. The van der Waals surface area contributed by atoms with Gasteiger partial charge in [0.05, 0.1) is 6.20 Å². The molecule has 1 N–H and O–H groups in total. The van der Waals surface area contributed by atoms with Crippen LogP contribution in [0.15, 0.2) is 6.20 Å². The molecule has 17 heavy (non-hydrogen) atoms. The minimum absolute atomic E-state index is 0.303. The molecule has 0 saturated heterocycles. The van der Waals surface area contributed by atoms with E-state index in [1.54, 1.807) is 0 Å². The van der Waals surface area contributed by atoms with Crippen molar-refractivity contribution >= 4 is 22.4 Å². The van der Waals surface area contributed by atoms with Crippen LogP contribution in [0, 0.1) is 11.8 Å². The Bertz CT molecular complexity index is 364. The number of rotatable bonds is 6. The van der Waals surface area contributed by atoms with Crippen molar-refractivity contribution in [3.8, 4) is 0 Å². The molecule has 0 aromatic carbocycles. The van der Waals surface area contributed by atoms with Crippen LogP contribution in [0.5, 0.6) is 0 Å². The summed E-state index contributed by atoms with van der Waals surface area (Å²) in [7, 11) is 0. The fourth-order valence-electron chi connectivity index (χ4n) is 1.62. The molecule has 0 unspecified atom stereocenters. The first-order valence-corrected chi connectivity index (χ1v) is 6.65. The quantitative estimate of drug-likeness (QED) is 0.850. The van der Waals surface area contributed by atoms with Gasteiger partial charge in [0, 0.05) is 13.1 Å². The number of hydrogen-bond donors (Lipinski definition) is 1. The lowest BCUT2D eigenvalue weighted by atomic mass is 10.1. The van der Waals surface area contributed by atoms with E-state index in [1.807, 2.05) is 0 Å². The van der Waals surface area contributed by atoms with Gasteiger partial charge in [-0.25, -0.2) is 9.78 Å². The zero-order valence-corrected chi connectivity index (χ0v) is 11.6. The predicted molar refractivity (Wildman–Crippen MR) is 71.0 cm³/mol. The Kier molecular flexibility index (Phi) is 4.93. The Morgan fingerprint density at radius 1 is 1.35 bits per heavy atom. The van der Waals surface area contributed by atoms with E-state index in [0.29, 0.717) is 16.7 Å². The van der Waals surface area contributed by atoms with E-state index in [1.165, 1.54) is 17.5 Å². The second-order valence-electron chi connectivity index (χ2n) is 5.00. The van der Waals surface area contributed by atoms with Gasteiger partial charge in [0.1, 0.15) is 4.88 Å². The summed E-state index contributed by atoms with van der Waals surface area (Å²) in [6, 6.07) is 0. The Hall–Kier alpha value is -1.10. The maximum atomic E-state index is 10.8. The van der Waals surface area contributed by atoms with Gasteiger partial charge in [0.15, 0.2) is 5.13 Å². The van der Waals surface area contributed by atoms with Gasteiger partial charge in [0.25, 0.3) is 0 Å². The molecule has 0 atom stereocenters. The fraction of sp³-hybridized carbons (Fsp3) is 0.667. The SMILES string of the molecule is CC(C)CN(CC(C)C)c1ncc(C(=O)O)s1. The second kappa shape index (κ2) is 6.00. The number of thiazole rings is 1. The highest BCUT2D eigenvalue weighted by Gasteiger charge is 2.16. The van der Waals surface area contributed by atoms with Crippen molar-refractivity contribution in [2.24, 2.45) is 11.8 Å². The van der Waals surface area contributed by atoms with Crippen LogP contribution in [0.25, 0.3) is 0 Å². The average molecular weight is 256 g/mol. The molecule has 0 amide bonds. The van der Waals surface area contributed by atoms with Crippen LogP contribution in [-0.2, 0) is 0 Å². The third-order valence-electron chi connectivity index (χ3n) is 2.15. The number of aromatic carboxylic acids is 1. The zero-order chi connectivity index (χ0) is 13.0. The van der Waals surface area contributed by atoms with Crippen LogP contribution >= 0.6 is 11.3 Å². The minimum Gasteiger partial charge on any atom is -0.477 e. The first kappa shape index (κ1) is 14.0. The van der Waals surface area contributed by atoms with E-state index in [4.69, 9.17) is 5.11 Å². The zero-order valence-electron chi connectivity index (χ0n) is 10.8. The minimum atomic E-state index is -0.900. The summed E-state index contributed by atoms with van der Waals surface area (Å²) in [5.74, 6) is 0.166. The number of carboxylic acids is 1. The molecule has 0 radical (unpaired) electrons. The van der Waals surface area contributed by atoms with Crippen LogP contribution in [0.1, 0.15) is 37.4 Å². The summed E-state index contributed by atoms with van der Waals surface area (Å²) in [5.41, 5.74) is 0. The highest BCUT2D eigenvalue weighted by Crippen LogP contribution is 2.24. The maximum Gasteiger partial charge on any atom is 0.347 e. The van der Waals surface area contributed by atoms with E-state index in [2.05, 4.69) is 37.6 Å². The summed E-state index contributed by atoms with van der Waals surface area (Å²) >= 11 is 1.25. The third-order valence-corrected chi connectivity index (χ3v) is 3.19. The molecule has 1 aromatic rings. The number of nitrogens with zero attached hydrogens (tertiary/aromatic N) is 2. The second-order valence-corrected chi connectivity index (χ2v) is 6.01. The number of hydrogen-bond acceptors (Lipinski definition) is 4. The summed E-state index contributed by atoms with van der Waals surface area (Å²) < 4.78 is 0. The molecule has 4 nitrogen and oxygen atoms in total. The van der Waals surface area contributed by atoms with Crippen molar-refractivity contribution < 1.29 is 9.90 Å². The monoisotopic (exact) mass is 256 g/mol. The molecule has 5 heteroatoms. The first-order valence-electron chi connectivity index (χ1n) is 5.84. The molecule has 1 rings (SSSR count). The van der Waals surface area contributed by atoms with E-state index in [0.717, 1.165) is 18.2 Å². The molecular formula is C12H20N2O2S. The van der Waals surface area contributed by atoms with Crippen LogP contribution in [0.4, 0.5) is 5.13 Å². The van der Waals surface area contributed by atoms with Crippen molar-refractivity contribution in [2.45, 2.75) is 27.7 Å². The van der Waals surface area contributed by atoms with Gasteiger partial charge in [-0.15, -0.1) is 0 Å². The molecule has 0 spiro atoms. The van der Waals surface area contributed by atoms with Crippen LogP contribution in [0.3, 0.4) is 0 Å². The summed E-state index contributed by atoms with van der Waals surface area (Å²) in [5, 5.41) is 9.71. The topological polar surface area (TPSA) is 53.4 Å². The number of anilines is 1. The molecule has 0 saturated carbocycles. The highest BCUT2D eigenvalue weighted by molar-refractivity contribution is 7.17. The summed E-state index contributed by atoms with van der Waals surface area (Å²) in [6.07, 6.45) is 1.44. The van der Waals surface area contributed by atoms with Gasteiger partial charge < -0.3 is 10.0 Å². The lowest BCUT2D eigenvalue weighted by molar-refractivity contribution is 0.0702. The third kappa shape index (κ3) is 4.34. The van der Waals surface area contributed by atoms with Crippen LogP contribution < -0.4 is 4.90 Å². The molecule has 0 aliphatic heterocycles. The van der Waals surface area contributed by atoms with Crippen molar-refractivity contribution in [1.82, 2.24) is 4.98 Å². The summed E-state index contributed by atoms with van der Waals surface area (Å²) in [6.45, 7) is 10.4. The summed E-state index contributed by atoms with van der Waals surface area (Å²) in [4.78, 5) is 17.5. The van der Waals surface area contributed by atoms with E-state index in [-0.39, 0.29) is 0 Å². The Labute approximate surface area is 106 Å². The number of carbonyl (C=O) groups is 1. The molecule has 0 aliphatic rings. The molecule has 96 valence electrons. The molecule has 0 fully saturated rings. The Balaban J connectivity index is 2.83. The number of aromatic nitrogens is 1. The van der Waals surface area contributed by atoms with Crippen LogP contribution in [0.2, 0.25) is 0 Å². The van der Waals surface area contributed by atoms with Gasteiger partial charge in [-0.05, 0) is 11.8 Å². The van der Waals surface area contributed by atoms with E-state index in [9.17, 15) is 4.79 Å². The molecule has 1 aromatic heterocycles. The van der Waals surface area contributed by atoms with E-state index < -0.39 is 5.97 Å². The van der Waals surface area contributed by atoms with Gasteiger partial charge >= 0.3 is 5.97 Å². The maximum absolute atomic E-state index is 10.8. The van der Waals surface area contributed by atoms with Gasteiger partial charge in [-0.3, -0.25) is 0 Å². The molecule has 0 bridgehead atoms. The Morgan fingerprint density at radius 2 is 1.88 bits per heavy atom. The van der Waals surface area contributed by atoms with Crippen molar-refractivity contribution in [3.05, 3.63) is 11.1 Å². The van der Waals surface area contributed by atoms with Crippen molar-refractivity contribution in [1.29, 1.82) is 0 Å². The van der Waals surface area contributed by atoms with Crippen LogP contribution in [-0.4, -0.2) is 29.1 Å². The average Bonchev–Trinajstić information content (AvgIpc) is 2.63. The standard InChI is InChI=1S/C12H20N2O2S/c1-8(2)6-14(7-9(3)4)12-13-5-10(17-12)11(15)16/h5,8-9H,6-7H2,1-4H3,(H,15,16). The first-order chi connectivity index (χ1) is 7.90. The Morgan fingerprint density at radius 3 is 2.24 bits per heavy atom. The molecule has 0 aliphatic carbocycles.